The van der Waals surface area contributed by atoms with Crippen LogP contribution in [0.15, 0.2) is 0 Å². The Morgan fingerprint density at radius 3 is 1.79 bits per heavy atom. The minimum absolute atomic E-state index is 0.0200. The normalized spacial score (nSPS) is 25.6. The van der Waals surface area contributed by atoms with Crippen LogP contribution in [0.2, 0.25) is 0 Å². The van der Waals surface area contributed by atoms with Gasteiger partial charge in [-0.15, -0.1) is 0 Å². The molecular formula is C20H39F5N2O2. The fourth-order valence-electron chi connectivity index (χ4n) is 2.76. The van der Waals surface area contributed by atoms with Crippen LogP contribution in [0.3, 0.4) is 0 Å². The first kappa shape index (κ1) is 30.1. The number of alkyl halides is 5. The van der Waals surface area contributed by atoms with Gasteiger partial charge in [-0.2, -0.15) is 13.2 Å². The zero-order valence-electron chi connectivity index (χ0n) is 19.2. The first-order valence-corrected chi connectivity index (χ1v) is 10.3. The second-order valence-electron chi connectivity index (χ2n) is 7.80. The molecule has 2 heterocycles. The number of ether oxygens (including phenoxy) is 1. The van der Waals surface area contributed by atoms with E-state index in [-0.39, 0.29) is 25.4 Å². The first-order valence-electron chi connectivity index (χ1n) is 10.3. The van der Waals surface area contributed by atoms with Crippen LogP contribution in [0.25, 0.3) is 0 Å². The van der Waals surface area contributed by atoms with E-state index < -0.39 is 42.3 Å². The summed E-state index contributed by atoms with van der Waals surface area (Å²) in [6, 6.07) is -0.443. The summed E-state index contributed by atoms with van der Waals surface area (Å²) in [5.41, 5.74) is -0.644. The quantitative estimate of drug-likeness (QED) is 0.458. The summed E-state index contributed by atoms with van der Waals surface area (Å²) < 4.78 is 66.7. The third kappa shape index (κ3) is 12.2. The molecule has 1 N–H and O–H groups in total. The van der Waals surface area contributed by atoms with Crippen LogP contribution in [-0.2, 0) is 4.74 Å². The van der Waals surface area contributed by atoms with Gasteiger partial charge in [0.05, 0.1) is 12.5 Å². The molecule has 2 rings (SSSR count). The maximum Gasteiger partial charge on any atom is 0.410 e. The van der Waals surface area contributed by atoms with E-state index in [9.17, 15) is 26.7 Å². The molecule has 0 spiro atoms. The van der Waals surface area contributed by atoms with Crippen molar-refractivity contribution >= 4 is 6.09 Å². The molecule has 4 nitrogen and oxygen atoms in total. The van der Waals surface area contributed by atoms with Crippen molar-refractivity contribution in [2.75, 3.05) is 13.1 Å². The lowest BCUT2D eigenvalue weighted by atomic mass is 10.1. The Labute approximate surface area is 172 Å². The lowest BCUT2D eigenvalue weighted by Crippen LogP contribution is -2.39. The van der Waals surface area contributed by atoms with Gasteiger partial charge in [-0.05, 0) is 41.0 Å². The van der Waals surface area contributed by atoms with Crippen molar-refractivity contribution in [1.82, 2.24) is 10.2 Å². The van der Waals surface area contributed by atoms with Gasteiger partial charge in [0.1, 0.15) is 5.60 Å². The van der Waals surface area contributed by atoms with Crippen LogP contribution in [0.1, 0.15) is 75.2 Å². The molecule has 0 saturated carbocycles. The highest BCUT2D eigenvalue weighted by atomic mass is 19.4. The summed E-state index contributed by atoms with van der Waals surface area (Å²) >= 11 is 0. The molecule has 2 saturated heterocycles. The monoisotopic (exact) mass is 434 g/mol. The van der Waals surface area contributed by atoms with Gasteiger partial charge in [-0.1, -0.05) is 27.7 Å². The van der Waals surface area contributed by atoms with Crippen LogP contribution in [0, 0.1) is 5.92 Å². The molecule has 3 atom stereocenters. The van der Waals surface area contributed by atoms with E-state index in [1.54, 1.807) is 34.6 Å². The van der Waals surface area contributed by atoms with Crippen molar-refractivity contribution in [3.8, 4) is 0 Å². The number of amides is 1. The Balaban J connectivity index is 0. The maximum absolute atomic E-state index is 13.0. The van der Waals surface area contributed by atoms with Crippen molar-refractivity contribution < 1.29 is 31.5 Å². The first-order chi connectivity index (χ1) is 13.1. The van der Waals surface area contributed by atoms with Crippen molar-refractivity contribution in [3.63, 3.8) is 0 Å². The molecule has 2 fully saturated rings. The molecule has 2 aliphatic heterocycles. The van der Waals surface area contributed by atoms with Gasteiger partial charge in [0.2, 0.25) is 0 Å². The van der Waals surface area contributed by atoms with E-state index in [0.717, 1.165) is 4.90 Å². The van der Waals surface area contributed by atoms with Crippen molar-refractivity contribution in [2.24, 2.45) is 5.92 Å². The Morgan fingerprint density at radius 1 is 1.07 bits per heavy atom. The van der Waals surface area contributed by atoms with Gasteiger partial charge in [0.25, 0.3) is 5.92 Å². The van der Waals surface area contributed by atoms with Crippen LogP contribution in [0.5, 0.6) is 0 Å². The summed E-state index contributed by atoms with van der Waals surface area (Å²) in [6.07, 6.45) is -4.72. The van der Waals surface area contributed by atoms with E-state index >= 15 is 0 Å². The Kier molecular flexibility index (Phi) is 13.0. The molecule has 176 valence electrons. The molecule has 1 amide bonds. The lowest BCUT2D eigenvalue weighted by Gasteiger charge is -2.26. The van der Waals surface area contributed by atoms with Crippen molar-refractivity contribution in [2.45, 2.75) is 105 Å². The standard InChI is InChI=1S/C10H17F2NO2.C6H10F3N.2C2H6/c1-7-5-10(11,12)6-13(7)8(14)15-9(2,3)4;1-4-2-5(3-10-4)6(7,8)9;2*1-2/h7H,5-6H2,1-4H3;4-5,10H,2-3H2,1H3;2*1-2H3. The van der Waals surface area contributed by atoms with E-state index in [2.05, 4.69) is 5.32 Å². The fraction of sp³-hybridized carbons (Fsp3) is 0.950. The number of carbonyl (C=O) groups excluding carboxylic acids is 1. The van der Waals surface area contributed by atoms with Gasteiger partial charge in [0, 0.05) is 25.0 Å². The highest BCUT2D eigenvalue weighted by Gasteiger charge is 2.46. The van der Waals surface area contributed by atoms with Gasteiger partial charge < -0.3 is 10.1 Å². The third-order valence-electron chi connectivity index (χ3n) is 3.97. The Bertz CT molecular complexity index is 465. The van der Waals surface area contributed by atoms with Gasteiger partial charge in [-0.25, -0.2) is 13.6 Å². The number of nitrogens with zero attached hydrogens (tertiary/aromatic N) is 1. The average molecular weight is 435 g/mol. The van der Waals surface area contributed by atoms with Crippen LogP contribution < -0.4 is 5.32 Å². The van der Waals surface area contributed by atoms with E-state index in [4.69, 9.17) is 4.74 Å². The predicted molar refractivity (Wildman–Crippen MR) is 106 cm³/mol. The van der Waals surface area contributed by atoms with Crippen LogP contribution in [-0.4, -0.2) is 53.9 Å². The Hall–Kier alpha value is -1.12. The molecular weight excluding hydrogens is 395 g/mol. The second-order valence-corrected chi connectivity index (χ2v) is 7.80. The second kappa shape index (κ2) is 12.5. The molecule has 0 radical (unpaired) electrons. The summed E-state index contributed by atoms with van der Waals surface area (Å²) in [4.78, 5) is 12.6. The Morgan fingerprint density at radius 2 is 1.55 bits per heavy atom. The van der Waals surface area contributed by atoms with Crippen molar-refractivity contribution in [1.29, 1.82) is 0 Å². The predicted octanol–water partition coefficient (Wildman–Crippen LogP) is 6.25. The topological polar surface area (TPSA) is 41.6 Å². The van der Waals surface area contributed by atoms with Crippen LogP contribution in [0.4, 0.5) is 26.7 Å². The molecule has 0 aliphatic carbocycles. The van der Waals surface area contributed by atoms with Gasteiger partial charge in [0.15, 0.2) is 0 Å². The molecule has 3 unspecified atom stereocenters. The average Bonchev–Trinajstić information content (AvgIpc) is 3.12. The molecule has 9 heteroatoms. The number of nitrogens with one attached hydrogen (secondary N) is 1. The number of hydrogen-bond acceptors (Lipinski definition) is 3. The largest absolute Gasteiger partial charge is 0.444 e. The highest BCUT2D eigenvalue weighted by molar-refractivity contribution is 5.69. The smallest absolute Gasteiger partial charge is 0.410 e. The third-order valence-corrected chi connectivity index (χ3v) is 3.97. The zero-order chi connectivity index (χ0) is 23.6. The molecule has 0 bridgehead atoms. The van der Waals surface area contributed by atoms with E-state index in [1.165, 1.54) is 0 Å². The van der Waals surface area contributed by atoms with E-state index in [1.807, 2.05) is 27.7 Å². The fourth-order valence-corrected chi connectivity index (χ4v) is 2.76. The maximum atomic E-state index is 13.0. The summed E-state index contributed by atoms with van der Waals surface area (Å²) in [5.74, 6) is -3.90. The number of hydrogen-bond donors (Lipinski definition) is 1. The lowest BCUT2D eigenvalue weighted by molar-refractivity contribution is -0.169. The van der Waals surface area contributed by atoms with Crippen molar-refractivity contribution in [3.05, 3.63) is 0 Å². The molecule has 0 aromatic heterocycles. The minimum atomic E-state index is -4.00. The molecule has 0 aromatic rings. The number of halogens is 5. The molecule has 0 aromatic carbocycles. The summed E-state index contributed by atoms with van der Waals surface area (Å²) in [6.45, 7) is 16.1. The number of carbonyl (C=O) groups is 1. The van der Waals surface area contributed by atoms with Crippen LogP contribution >= 0.6 is 0 Å². The molecule has 29 heavy (non-hydrogen) atoms. The summed E-state index contributed by atoms with van der Waals surface area (Å²) in [7, 11) is 0. The summed E-state index contributed by atoms with van der Waals surface area (Å²) in [5, 5.41) is 2.76. The van der Waals surface area contributed by atoms with Gasteiger partial charge in [-0.3, -0.25) is 4.90 Å². The molecule has 2 aliphatic rings. The highest BCUT2D eigenvalue weighted by Crippen LogP contribution is 2.33. The zero-order valence-corrected chi connectivity index (χ0v) is 19.2. The number of rotatable bonds is 0. The number of likely N-dealkylation sites (tertiary alicyclic amines) is 1. The minimum Gasteiger partial charge on any atom is -0.444 e. The van der Waals surface area contributed by atoms with Gasteiger partial charge >= 0.3 is 12.3 Å². The van der Waals surface area contributed by atoms with E-state index in [0.29, 0.717) is 0 Å². The SMILES string of the molecule is CC.CC.CC1CC(C(F)(F)F)CN1.CC1CC(F)(F)CN1C(=O)OC(C)(C)C.